The van der Waals surface area contributed by atoms with Gasteiger partial charge in [-0.15, -0.1) is 4.83 Å². The van der Waals surface area contributed by atoms with Crippen molar-refractivity contribution in [3.05, 3.63) is 79.0 Å². The van der Waals surface area contributed by atoms with Gasteiger partial charge in [-0.05, 0) is 42.2 Å². The van der Waals surface area contributed by atoms with Gasteiger partial charge in [0.05, 0.1) is 10.9 Å². The average Bonchev–Trinajstić information content (AvgIpc) is 2.91. The summed E-state index contributed by atoms with van der Waals surface area (Å²) in [6, 6.07) is 22.3. The van der Waals surface area contributed by atoms with Crippen LogP contribution in [0.1, 0.15) is 32.6 Å². The molecule has 0 saturated carbocycles. The van der Waals surface area contributed by atoms with Gasteiger partial charge in [0.2, 0.25) is 5.91 Å². The first-order chi connectivity index (χ1) is 17.5. The molecular formula is C28H30N4O3S. The average molecular weight is 503 g/mol. The Morgan fingerprint density at radius 1 is 0.944 bits per heavy atom. The second-order valence-electron chi connectivity index (χ2n) is 9.16. The molecule has 0 radical (unpaired) electrons. The van der Waals surface area contributed by atoms with E-state index in [0.717, 1.165) is 22.6 Å². The van der Waals surface area contributed by atoms with E-state index in [-0.39, 0.29) is 16.8 Å². The highest BCUT2D eigenvalue weighted by molar-refractivity contribution is 7.89. The Kier molecular flexibility index (Phi) is 6.89. The summed E-state index contributed by atoms with van der Waals surface area (Å²) in [6.07, 6.45) is 4.33. The van der Waals surface area contributed by atoms with Gasteiger partial charge in [0.15, 0.2) is 5.82 Å². The number of nitrogens with one attached hydrogen (secondary N) is 1. The molecule has 0 unspecified atom stereocenters. The summed E-state index contributed by atoms with van der Waals surface area (Å²) in [5, 5.41) is 5.08. The standard InChI is InChI=1S/C28H30N4O3S/c1-2-8-27(33)31-19-16-23(17-20-31)32(28-25-13-6-4-10-22(25)15-18-29-28)30-36(34,35)26-14-7-11-21-9-3-5-12-24(21)26/h3-7,9-15,18,23,30H,2,8,16-17,19-20H2,1H3. The predicted molar refractivity (Wildman–Crippen MR) is 143 cm³/mol. The fourth-order valence-electron chi connectivity index (χ4n) is 4.94. The molecule has 2 heterocycles. The number of rotatable bonds is 7. The van der Waals surface area contributed by atoms with Crippen LogP contribution >= 0.6 is 0 Å². The molecule has 1 aliphatic heterocycles. The van der Waals surface area contributed by atoms with Crippen molar-refractivity contribution in [1.29, 1.82) is 0 Å². The van der Waals surface area contributed by atoms with E-state index in [0.29, 0.717) is 43.6 Å². The summed E-state index contributed by atoms with van der Waals surface area (Å²) in [6.45, 7) is 3.17. The molecule has 186 valence electrons. The molecule has 0 aliphatic carbocycles. The maximum absolute atomic E-state index is 13.8. The Balaban J connectivity index is 1.53. The van der Waals surface area contributed by atoms with Crippen molar-refractivity contribution in [2.24, 2.45) is 0 Å². The lowest BCUT2D eigenvalue weighted by Crippen LogP contribution is -2.54. The van der Waals surface area contributed by atoms with E-state index < -0.39 is 10.0 Å². The normalized spacial score (nSPS) is 14.9. The van der Waals surface area contributed by atoms with E-state index in [4.69, 9.17) is 0 Å². The number of hydrogen-bond donors (Lipinski definition) is 1. The van der Waals surface area contributed by atoms with Gasteiger partial charge in [-0.3, -0.25) is 9.80 Å². The monoisotopic (exact) mass is 502 g/mol. The molecule has 3 aromatic carbocycles. The first-order valence-electron chi connectivity index (χ1n) is 12.4. The fraction of sp³-hybridized carbons (Fsp3) is 0.286. The van der Waals surface area contributed by atoms with Gasteiger partial charge >= 0.3 is 0 Å². The Hall–Kier alpha value is -3.49. The fourth-order valence-corrected chi connectivity index (χ4v) is 6.27. The minimum atomic E-state index is -3.94. The quantitative estimate of drug-likeness (QED) is 0.364. The number of fused-ring (bicyclic) bond motifs is 2. The highest BCUT2D eigenvalue weighted by Crippen LogP contribution is 2.30. The first kappa shape index (κ1) is 24.2. The van der Waals surface area contributed by atoms with Gasteiger partial charge in [0.1, 0.15) is 0 Å². The summed E-state index contributed by atoms with van der Waals surface area (Å²) in [7, 11) is -3.94. The lowest BCUT2D eigenvalue weighted by Gasteiger charge is -2.39. The highest BCUT2D eigenvalue weighted by atomic mass is 32.2. The highest BCUT2D eigenvalue weighted by Gasteiger charge is 2.32. The molecule has 7 nitrogen and oxygen atoms in total. The molecule has 0 spiro atoms. The zero-order valence-corrected chi connectivity index (χ0v) is 21.1. The molecule has 1 aromatic heterocycles. The van der Waals surface area contributed by atoms with Crippen LogP contribution in [0.4, 0.5) is 5.82 Å². The summed E-state index contributed by atoms with van der Waals surface area (Å²) in [4.78, 5) is 22.1. The third-order valence-corrected chi connectivity index (χ3v) is 8.16. The van der Waals surface area contributed by atoms with E-state index in [1.54, 1.807) is 23.3 Å². The van der Waals surface area contributed by atoms with E-state index in [1.165, 1.54) is 0 Å². The Morgan fingerprint density at radius 3 is 2.31 bits per heavy atom. The molecule has 8 heteroatoms. The SMILES string of the molecule is CCCC(=O)N1CCC(N(NS(=O)(=O)c2cccc3ccccc23)c2nccc3ccccc23)CC1. The summed E-state index contributed by atoms with van der Waals surface area (Å²) >= 11 is 0. The summed E-state index contributed by atoms with van der Waals surface area (Å²) in [5.41, 5.74) is 0. The molecule has 0 atom stereocenters. The number of piperidine rings is 1. The van der Waals surface area contributed by atoms with Crippen LogP contribution in [0.2, 0.25) is 0 Å². The number of likely N-dealkylation sites (tertiary alicyclic amines) is 1. The van der Waals surface area contributed by atoms with Crippen molar-refractivity contribution < 1.29 is 13.2 Å². The second kappa shape index (κ2) is 10.2. The van der Waals surface area contributed by atoms with Crippen molar-refractivity contribution in [3.8, 4) is 0 Å². The van der Waals surface area contributed by atoms with Crippen LogP contribution < -0.4 is 9.84 Å². The van der Waals surface area contributed by atoms with Crippen LogP contribution in [0.15, 0.2) is 83.9 Å². The predicted octanol–water partition coefficient (Wildman–Crippen LogP) is 4.88. The summed E-state index contributed by atoms with van der Waals surface area (Å²) < 4.78 is 27.6. The van der Waals surface area contributed by atoms with E-state index in [9.17, 15) is 13.2 Å². The molecular weight excluding hydrogens is 472 g/mol. The zero-order valence-electron chi connectivity index (χ0n) is 20.3. The Bertz CT molecular complexity index is 1490. The number of hydrazine groups is 1. The third kappa shape index (κ3) is 4.79. The summed E-state index contributed by atoms with van der Waals surface area (Å²) in [5.74, 6) is 0.720. The second-order valence-corrected chi connectivity index (χ2v) is 10.8. The van der Waals surface area contributed by atoms with Gasteiger partial charge in [-0.25, -0.2) is 13.4 Å². The Morgan fingerprint density at radius 2 is 1.58 bits per heavy atom. The minimum Gasteiger partial charge on any atom is -0.343 e. The minimum absolute atomic E-state index is 0.154. The smallest absolute Gasteiger partial charge is 0.258 e. The molecule has 1 saturated heterocycles. The van der Waals surface area contributed by atoms with Crippen LogP contribution in [0.25, 0.3) is 21.5 Å². The molecule has 4 aromatic rings. The number of pyridine rings is 1. The number of sulfonamides is 1. The van der Waals surface area contributed by atoms with Crippen molar-refractivity contribution in [2.75, 3.05) is 18.1 Å². The van der Waals surface area contributed by atoms with E-state index in [1.807, 2.05) is 72.5 Å². The number of amides is 1. The van der Waals surface area contributed by atoms with Crippen molar-refractivity contribution in [3.63, 3.8) is 0 Å². The number of aromatic nitrogens is 1. The van der Waals surface area contributed by atoms with Gasteiger partial charge in [0, 0.05) is 36.5 Å². The molecule has 5 rings (SSSR count). The Labute approximate surface area is 211 Å². The number of benzene rings is 3. The molecule has 0 bridgehead atoms. The van der Waals surface area contributed by atoms with E-state index in [2.05, 4.69) is 9.82 Å². The number of nitrogens with zero attached hydrogens (tertiary/aromatic N) is 3. The van der Waals surface area contributed by atoms with Gasteiger partial charge in [-0.1, -0.05) is 67.6 Å². The van der Waals surface area contributed by atoms with Crippen LogP contribution in [0.3, 0.4) is 0 Å². The maximum Gasteiger partial charge on any atom is 0.258 e. The number of anilines is 1. The lowest BCUT2D eigenvalue weighted by atomic mass is 10.0. The van der Waals surface area contributed by atoms with Gasteiger partial charge in [-0.2, -0.15) is 0 Å². The lowest BCUT2D eigenvalue weighted by molar-refractivity contribution is -0.132. The van der Waals surface area contributed by atoms with Gasteiger partial charge in [0.25, 0.3) is 10.0 Å². The number of carbonyl (C=O) groups is 1. The number of carbonyl (C=O) groups excluding carboxylic acids is 1. The first-order valence-corrected chi connectivity index (χ1v) is 13.9. The molecule has 1 aliphatic rings. The molecule has 1 N–H and O–H groups in total. The number of hydrogen-bond acceptors (Lipinski definition) is 5. The molecule has 1 amide bonds. The van der Waals surface area contributed by atoms with Crippen molar-refractivity contribution in [1.82, 2.24) is 14.7 Å². The topological polar surface area (TPSA) is 82.6 Å². The molecule has 36 heavy (non-hydrogen) atoms. The van der Waals surface area contributed by atoms with Crippen LogP contribution in [-0.2, 0) is 14.8 Å². The van der Waals surface area contributed by atoms with Crippen molar-refractivity contribution in [2.45, 2.75) is 43.5 Å². The maximum atomic E-state index is 13.8. The largest absolute Gasteiger partial charge is 0.343 e. The van der Waals surface area contributed by atoms with Crippen LogP contribution in [-0.4, -0.2) is 43.3 Å². The van der Waals surface area contributed by atoms with Gasteiger partial charge < -0.3 is 4.90 Å². The van der Waals surface area contributed by atoms with Crippen LogP contribution in [0.5, 0.6) is 0 Å². The van der Waals surface area contributed by atoms with Crippen molar-refractivity contribution >= 4 is 43.3 Å². The third-order valence-electron chi connectivity index (χ3n) is 6.78. The molecule has 1 fully saturated rings. The van der Waals surface area contributed by atoms with E-state index >= 15 is 0 Å². The van der Waals surface area contributed by atoms with Crippen LogP contribution in [0, 0.1) is 0 Å². The zero-order chi connectivity index (χ0) is 25.1.